The average Bonchev–Trinajstić information content (AvgIpc) is 2.41. The first-order chi connectivity index (χ1) is 9.83. The topological polar surface area (TPSA) is 81.4 Å². The van der Waals surface area contributed by atoms with Crippen LogP contribution in [-0.4, -0.2) is 15.5 Å². The van der Waals surface area contributed by atoms with E-state index in [1.807, 2.05) is 6.92 Å². The number of methoxy groups -OCH3 is 1. The highest BCUT2D eigenvalue weighted by molar-refractivity contribution is 9.10. The second kappa shape index (κ2) is 5.95. The van der Waals surface area contributed by atoms with E-state index >= 15 is 0 Å². The van der Waals surface area contributed by atoms with Crippen LogP contribution in [0.25, 0.3) is 0 Å². The molecule has 0 saturated heterocycles. The monoisotopic (exact) mass is 370 g/mol. The maximum absolute atomic E-state index is 12.3. The van der Waals surface area contributed by atoms with Crippen LogP contribution in [0.15, 0.2) is 45.8 Å². The first kappa shape index (κ1) is 15.7. The molecule has 112 valence electrons. The molecule has 0 bridgehead atoms. The number of hydrogen-bond acceptors (Lipinski definition) is 4. The number of rotatable bonds is 4. The third-order valence-corrected chi connectivity index (χ3v) is 5.19. The molecule has 0 spiro atoms. The quantitative estimate of drug-likeness (QED) is 0.809. The standard InChI is InChI=1S/C14H15BrN2O3S/c1-9-7-11(4-5-12(9)15)21(18,19)17-10-3-6-14(20-2)13(16)8-10/h3-8,17H,16H2,1-2H3. The largest absolute Gasteiger partial charge is 0.495 e. The van der Waals surface area contributed by atoms with Crippen LogP contribution in [0.5, 0.6) is 5.75 Å². The van der Waals surface area contributed by atoms with E-state index in [1.165, 1.54) is 19.2 Å². The normalized spacial score (nSPS) is 11.2. The van der Waals surface area contributed by atoms with Crippen LogP contribution in [0.1, 0.15) is 5.56 Å². The molecule has 2 aromatic carbocycles. The molecule has 0 aliphatic rings. The minimum atomic E-state index is -3.66. The minimum Gasteiger partial charge on any atom is -0.495 e. The number of hydrogen-bond donors (Lipinski definition) is 2. The van der Waals surface area contributed by atoms with Gasteiger partial charge in [-0.1, -0.05) is 15.9 Å². The number of aryl methyl sites for hydroxylation is 1. The number of nitrogens with one attached hydrogen (secondary N) is 1. The number of anilines is 2. The van der Waals surface area contributed by atoms with Crippen LogP contribution in [0, 0.1) is 6.92 Å². The van der Waals surface area contributed by atoms with Crippen LogP contribution in [0.4, 0.5) is 11.4 Å². The van der Waals surface area contributed by atoms with Crippen LogP contribution in [-0.2, 0) is 10.0 Å². The van der Waals surface area contributed by atoms with Gasteiger partial charge in [0.15, 0.2) is 0 Å². The molecular formula is C14H15BrN2O3S. The summed E-state index contributed by atoms with van der Waals surface area (Å²) in [5.41, 5.74) is 7.36. The number of ether oxygens (including phenoxy) is 1. The molecule has 0 unspecified atom stereocenters. The molecular weight excluding hydrogens is 356 g/mol. The van der Waals surface area contributed by atoms with Crippen molar-refractivity contribution in [1.29, 1.82) is 0 Å². The number of benzene rings is 2. The van der Waals surface area contributed by atoms with Crippen LogP contribution in [0.3, 0.4) is 0 Å². The van der Waals surface area contributed by atoms with Gasteiger partial charge in [-0.3, -0.25) is 4.72 Å². The predicted molar refractivity (Wildman–Crippen MR) is 87.1 cm³/mol. The van der Waals surface area contributed by atoms with Gasteiger partial charge in [0, 0.05) is 4.47 Å². The third kappa shape index (κ3) is 3.48. The molecule has 0 amide bonds. The highest BCUT2D eigenvalue weighted by atomic mass is 79.9. The van der Waals surface area contributed by atoms with Gasteiger partial charge in [-0.15, -0.1) is 0 Å². The summed E-state index contributed by atoms with van der Waals surface area (Å²) >= 11 is 3.34. The molecule has 0 aliphatic carbocycles. The molecule has 0 heterocycles. The lowest BCUT2D eigenvalue weighted by atomic mass is 10.2. The molecule has 2 rings (SSSR count). The van der Waals surface area contributed by atoms with Gasteiger partial charge in [0.1, 0.15) is 5.75 Å². The molecule has 0 aromatic heterocycles. The Hall–Kier alpha value is -1.73. The van der Waals surface area contributed by atoms with E-state index in [1.54, 1.807) is 24.3 Å². The molecule has 2 aromatic rings. The zero-order valence-corrected chi connectivity index (χ0v) is 14.0. The smallest absolute Gasteiger partial charge is 0.261 e. The fourth-order valence-corrected chi connectivity index (χ4v) is 3.18. The average molecular weight is 371 g/mol. The molecule has 0 aliphatic heterocycles. The third-order valence-electron chi connectivity index (χ3n) is 2.92. The van der Waals surface area contributed by atoms with E-state index < -0.39 is 10.0 Å². The van der Waals surface area contributed by atoms with Crippen molar-refractivity contribution in [2.75, 3.05) is 17.6 Å². The summed E-state index contributed by atoms with van der Waals surface area (Å²) < 4.78 is 33.1. The zero-order valence-electron chi connectivity index (χ0n) is 11.6. The Kier molecular flexibility index (Phi) is 4.43. The zero-order chi connectivity index (χ0) is 15.6. The van der Waals surface area contributed by atoms with E-state index in [-0.39, 0.29) is 4.90 Å². The number of nitrogen functional groups attached to an aromatic ring is 1. The van der Waals surface area contributed by atoms with Gasteiger partial charge in [0.05, 0.1) is 23.4 Å². The first-order valence-corrected chi connectivity index (χ1v) is 8.33. The van der Waals surface area contributed by atoms with Crippen molar-refractivity contribution < 1.29 is 13.2 Å². The van der Waals surface area contributed by atoms with E-state index in [0.717, 1.165) is 10.0 Å². The Bertz CT molecular complexity index is 776. The van der Waals surface area contributed by atoms with Gasteiger partial charge in [-0.25, -0.2) is 8.42 Å². The summed E-state index contributed by atoms with van der Waals surface area (Å²) in [4.78, 5) is 0.192. The number of nitrogens with two attached hydrogens (primary N) is 1. The molecule has 7 heteroatoms. The van der Waals surface area contributed by atoms with Crippen LogP contribution in [0.2, 0.25) is 0 Å². The lowest BCUT2D eigenvalue weighted by Gasteiger charge is -2.11. The van der Waals surface area contributed by atoms with Crippen molar-refractivity contribution in [2.24, 2.45) is 0 Å². The minimum absolute atomic E-state index is 0.192. The summed E-state index contributed by atoms with van der Waals surface area (Å²) in [5, 5.41) is 0. The van der Waals surface area contributed by atoms with E-state index in [0.29, 0.717) is 17.1 Å². The predicted octanol–water partition coefficient (Wildman–Crippen LogP) is 3.15. The summed E-state index contributed by atoms with van der Waals surface area (Å²) in [6.07, 6.45) is 0. The van der Waals surface area contributed by atoms with Crippen LogP contribution >= 0.6 is 15.9 Å². The van der Waals surface area contributed by atoms with Gasteiger partial charge in [0.2, 0.25) is 0 Å². The van der Waals surface area contributed by atoms with Gasteiger partial charge in [-0.2, -0.15) is 0 Å². The van der Waals surface area contributed by atoms with Crippen molar-refractivity contribution in [3.63, 3.8) is 0 Å². The van der Waals surface area contributed by atoms with Gasteiger partial charge in [0.25, 0.3) is 10.0 Å². The van der Waals surface area contributed by atoms with E-state index in [2.05, 4.69) is 20.7 Å². The summed E-state index contributed by atoms with van der Waals surface area (Å²) in [6, 6.07) is 9.55. The Morgan fingerprint density at radius 1 is 1.19 bits per heavy atom. The molecule has 3 N–H and O–H groups in total. The molecule has 0 radical (unpaired) electrons. The fourth-order valence-electron chi connectivity index (χ4n) is 1.80. The van der Waals surface area contributed by atoms with Gasteiger partial charge >= 0.3 is 0 Å². The Balaban J connectivity index is 2.32. The first-order valence-electron chi connectivity index (χ1n) is 6.06. The van der Waals surface area contributed by atoms with E-state index in [9.17, 15) is 8.42 Å². The molecule has 0 saturated carbocycles. The van der Waals surface area contributed by atoms with Gasteiger partial charge < -0.3 is 10.5 Å². The highest BCUT2D eigenvalue weighted by Gasteiger charge is 2.15. The molecule has 5 nitrogen and oxygen atoms in total. The molecule has 21 heavy (non-hydrogen) atoms. The van der Waals surface area contributed by atoms with Crippen molar-refractivity contribution in [1.82, 2.24) is 0 Å². The lowest BCUT2D eigenvalue weighted by molar-refractivity contribution is 0.417. The van der Waals surface area contributed by atoms with Crippen LogP contribution < -0.4 is 15.2 Å². The second-order valence-electron chi connectivity index (χ2n) is 4.47. The fraction of sp³-hybridized carbons (Fsp3) is 0.143. The Morgan fingerprint density at radius 2 is 1.90 bits per heavy atom. The maximum atomic E-state index is 12.3. The highest BCUT2D eigenvalue weighted by Crippen LogP contribution is 2.27. The lowest BCUT2D eigenvalue weighted by Crippen LogP contribution is -2.13. The van der Waals surface area contributed by atoms with Crippen molar-refractivity contribution >= 4 is 37.3 Å². The van der Waals surface area contributed by atoms with Gasteiger partial charge in [-0.05, 0) is 48.9 Å². The van der Waals surface area contributed by atoms with Crippen molar-refractivity contribution in [2.45, 2.75) is 11.8 Å². The van der Waals surface area contributed by atoms with Crippen molar-refractivity contribution in [3.05, 3.63) is 46.4 Å². The van der Waals surface area contributed by atoms with E-state index in [4.69, 9.17) is 10.5 Å². The maximum Gasteiger partial charge on any atom is 0.261 e. The summed E-state index contributed by atoms with van der Waals surface area (Å²) in [6.45, 7) is 1.83. The Morgan fingerprint density at radius 3 is 2.48 bits per heavy atom. The number of halogens is 1. The summed E-state index contributed by atoms with van der Waals surface area (Å²) in [5.74, 6) is 0.498. The second-order valence-corrected chi connectivity index (χ2v) is 7.01. The molecule has 0 fully saturated rings. The Labute approximate surface area is 132 Å². The molecule has 0 atom stereocenters. The SMILES string of the molecule is COc1ccc(NS(=O)(=O)c2ccc(Br)c(C)c2)cc1N. The van der Waals surface area contributed by atoms with Crippen molar-refractivity contribution in [3.8, 4) is 5.75 Å². The number of sulfonamides is 1. The summed E-state index contributed by atoms with van der Waals surface area (Å²) in [7, 11) is -2.16.